The zero-order chi connectivity index (χ0) is 9.26. The molecule has 0 saturated heterocycles. The Hall–Kier alpha value is -0.640. The van der Waals surface area contributed by atoms with E-state index in [0.717, 1.165) is 20.2 Å². The van der Waals surface area contributed by atoms with Crippen molar-refractivity contribution in [2.75, 3.05) is 0 Å². The van der Waals surface area contributed by atoms with E-state index >= 15 is 0 Å². The van der Waals surface area contributed by atoms with E-state index in [1.165, 1.54) is 11.3 Å². The van der Waals surface area contributed by atoms with Crippen molar-refractivity contribution in [2.45, 2.75) is 0 Å². The molecule has 2 aromatic rings. The van der Waals surface area contributed by atoms with Gasteiger partial charge in [0.1, 0.15) is 0 Å². The molecule has 0 atom stereocenters. The number of hydrogen-bond donors (Lipinski definition) is 1. The van der Waals surface area contributed by atoms with Gasteiger partial charge in [-0.25, -0.2) is 0 Å². The van der Waals surface area contributed by atoms with Crippen LogP contribution in [0.5, 0.6) is 0 Å². The molecular formula is C9H6ClNS2. The molecule has 1 nitrogen and oxygen atoms in total. The molecule has 66 valence electrons. The Morgan fingerprint density at radius 3 is 2.85 bits per heavy atom. The van der Waals surface area contributed by atoms with Gasteiger partial charge in [0, 0.05) is 16.0 Å². The van der Waals surface area contributed by atoms with Crippen molar-refractivity contribution >= 4 is 35.2 Å². The highest BCUT2D eigenvalue weighted by Gasteiger charge is 1.98. The predicted molar refractivity (Wildman–Crippen MR) is 59.9 cm³/mol. The second-order valence-electron chi connectivity index (χ2n) is 2.57. The van der Waals surface area contributed by atoms with Crippen molar-refractivity contribution < 1.29 is 0 Å². The van der Waals surface area contributed by atoms with Crippen LogP contribution in [0.25, 0.3) is 11.3 Å². The van der Waals surface area contributed by atoms with Crippen LogP contribution >= 0.6 is 35.2 Å². The second kappa shape index (κ2) is 3.62. The van der Waals surface area contributed by atoms with Crippen LogP contribution in [0.4, 0.5) is 0 Å². The number of aromatic nitrogens is 1. The van der Waals surface area contributed by atoms with Crippen LogP contribution < -0.4 is 0 Å². The Morgan fingerprint density at radius 2 is 2.23 bits per heavy atom. The third-order valence-corrected chi connectivity index (χ3v) is 2.95. The first-order chi connectivity index (χ1) is 6.25. The quantitative estimate of drug-likeness (QED) is 0.725. The van der Waals surface area contributed by atoms with Crippen LogP contribution in [-0.4, -0.2) is 4.98 Å². The van der Waals surface area contributed by atoms with Crippen molar-refractivity contribution in [3.8, 4) is 11.3 Å². The van der Waals surface area contributed by atoms with Crippen molar-refractivity contribution in [3.05, 3.63) is 38.6 Å². The smallest absolute Gasteiger partial charge is 0.158 e. The van der Waals surface area contributed by atoms with Gasteiger partial charge in [-0.2, -0.15) is 0 Å². The Balaban J connectivity index is 2.52. The zero-order valence-corrected chi connectivity index (χ0v) is 8.97. The number of H-pyrrole nitrogens is 1. The minimum Gasteiger partial charge on any atom is -0.337 e. The second-order valence-corrected chi connectivity index (χ2v) is 4.55. The minimum atomic E-state index is 0.739. The largest absolute Gasteiger partial charge is 0.337 e. The van der Waals surface area contributed by atoms with Gasteiger partial charge < -0.3 is 4.98 Å². The van der Waals surface area contributed by atoms with Gasteiger partial charge in [0.2, 0.25) is 0 Å². The van der Waals surface area contributed by atoms with E-state index in [9.17, 15) is 0 Å². The van der Waals surface area contributed by atoms with E-state index in [-0.39, 0.29) is 0 Å². The van der Waals surface area contributed by atoms with Crippen LogP contribution in [-0.2, 0) is 0 Å². The summed E-state index contributed by atoms with van der Waals surface area (Å²) in [5.74, 6) is 0. The fourth-order valence-corrected chi connectivity index (χ4v) is 2.11. The lowest BCUT2D eigenvalue weighted by molar-refractivity contribution is 1.39. The van der Waals surface area contributed by atoms with Gasteiger partial charge in [-0.05, 0) is 24.4 Å². The topological polar surface area (TPSA) is 15.8 Å². The fourth-order valence-electron chi connectivity index (χ4n) is 1.08. The number of aromatic amines is 1. The van der Waals surface area contributed by atoms with Crippen LogP contribution in [0, 0.1) is 3.95 Å². The Morgan fingerprint density at radius 1 is 1.38 bits per heavy atom. The van der Waals surface area contributed by atoms with Gasteiger partial charge in [0.15, 0.2) is 3.95 Å². The molecule has 0 bridgehead atoms. The molecule has 0 radical (unpaired) electrons. The summed E-state index contributed by atoms with van der Waals surface area (Å²) < 4.78 is 0.787. The highest BCUT2D eigenvalue weighted by Crippen LogP contribution is 2.22. The van der Waals surface area contributed by atoms with Crippen molar-refractivity contribution in [2.24, 2.45) is 0 Å². The molecule has 0 aliphatic rings. The molecule has 1 heterocycles. The average Bonchev–Trinajstić information content (AvgIpc) is 2.52. The first-order valence-electron chi connectivity index (χ1n) is 3.69. The Labute approximate surface area is 90.0 Å². The minimum absolute atomic E-state index is 0.739. The molecule has 0 spiro atoms. The van der Waals surface area contributed by atoms with E-state index in [1.807, 2.05) is 29.6 Å². The molecule has 4 heteroatoms. The number of benzene rings is 1. The third-order valence-electron chi connectivity index (χ3n) is 1.66. The van der Waals surface area contributed by atoms with Gasteiger partial charge in [-0.3, -0.25) is 0 Å². The molecule has 1 aromatic carbocycles. The molecule has 1 N–H and O–H groups in total. The molecule has 0 amide bonds. The summed E-state index contributed by atoms with van der Waals surface area (Å²) in [6, 6.07) is 7.69. The number of hydrogen-bond acceptors (Lipinski definition) is 2. The maximum atomic E-state index is 5.87. The normalized spacial score (nSPS) is 10.2. The van der Waals surface area contributed by atoms with Gasteiger partial charge >= 0.3 is 0 Å². The molecule has 0 unspecified atom stereocenters. The van der Waals surface area contributed by atoms with Crippen LogP contribution in [0.2, 0.25) is 5.02 Å². The molecule has 13 heavy (non-hydrogen) atoms. The summed E-state index contributed by atoms with van der Waals surface area (Å²) in [6.45, 7) is 0. The van der Waals surface area contributed by atoms with Gasteiger partial charge in [0.25, 0.3) is 0 Å². The lowest BCUT2D eigenvalue weighted by Crippen LogP contribution is -1.75. The van der Waals surface area contributed by atoms with Gasteiger partial charge in [-0.15, -0.1) is 11.3 Å². The number of halogens is 1. The molecule has 1 aromatic heterocycles. The average molecular weight is 228 g/mol. The predicted octanol–water partition coefficient (Wildman–Crippen LogP) is 4.13. The molecule has 0 aliphatic carbocycles. The highest BCUT2D eigenvalue weighted by molar-refractivity contribution is 7.73. The molecule has 0 aliphatic heterocycles. The molecule has 2 rings (SSSR count). The monoisotopic (exact) mass is 227 g/mol. The van der Waals surface area contributed by atoms with Gasteiger partial charge in [0.05, 0.1) is 5.69 Å². The SMILES string of the molecule is S=c1[nH]c(-c2cccc(Cl)c2)cs1. The lowest BCUT2D eigenvalue weighted by atomic mass is 10.2. The Bertz CT molecular complexity index is 472. The lowest BCUT2D eigenvalue weighted by Gasteiger charge is -1.96. The fraction of sp³-hybridized carbons (Fsp3) is 0. The van der Waals surface area contributed by atoms with E-state index in [1.54, 1.807) is 0 Å². The van der Waals surface area contributed by atoms with Crippen LogP contribution in [0.3, 0.4) is 0 Å². The maximum Gasteiger partial charge on any atom is 0.158 e. The van der Waals surface area contributed by atoms with Crippen molar-refractivity contribution in [1.82, 2.24) is 4.98 Å². The first-order valence-corrected chi connectivity index (χ1v) is 5.36. The molecular weight excluding hydrogens is 222 g/mol. The van der Waals surface area contributed by atoms with Crippen LogP contribution in [0.15, 0.2) is 29.6 Å². The van der Waals surface area contributed by atoms with E-state index in [0.29, 0.717) is 0 Å². The first kappa shape index (κ1) is 8.94. The molecule has 0 fully saturated rings. The number of rotatable bonds is 1. The summed E-state index contributed by atoms with van der Waals surface area (Å²) in [5, 5.41) is 2.73. The van der Waals surface area contributed by atoms with Crippen molar-refractivity contribution in [1.29, 1.82) is 0 Å². The van der Waals surface area contributed by atoms with E-state index in [2.05, 4.69) is 4.98 Å². The zero-order valence-electron chi connectivity index (χ0n) is 6.58. The van der Waals surface area contributed by atoms with E-state index < -0.39 is 0 Å². The third kappa shape index (κ3) is 1.99. The summed E-state index contributed by atoms with van der Waals surface area (Å²) in [5.41, 5.74) is 2.09. The highest BCUT2D eigenvalue weighted by atomic mass is 35.5. The van der Waals surface area contributed by atoms with Gasteiger partial charge in [-0.1, -0.05) is 23.7 Å². The van der Waals surface area contributed by atoms with Crippen LogP contribution in [0.1, 0.15) is 0 Å². The number of nitrogens with one attached hydrogen (secondary N) is 1. The number of thiazole rings is 1. The maximum absolute atomic E-state index is 5.87. The molecule has 0 saturated carbocycles. The Kier molecular flexibility index (Phi) is 2.49. The van der Waals surface area contributed by atoms with E-state index in [4.69, 9.17) is 23.8 Å². The standard InChI is InChI=1S/C9H6ClNS2/c10-7-3-1-2-6(4-7)8-5-13-9(12)11-8/h1-5H,(H,11,12). The summed E-state index contributed by atoms with van der Waals surface area (Å²) in [4.78, 5) is 3.09. The summed E-state index contributed by atoms with van der Waals surface area (Å²) in [6.07, 6.45) is 0. The summed E-state index contributed by atoms with van der Waals surface area (Å²) in [7, 11) is 0. The summed E-state index contributed by atoms with van der Waals surface area (Å²) >= 11 is 12.4. The van der Waals surface area contributed by atoms with Crippen molar-refractivity contribution in [3.63, 3.8) is 0 Å².